The summed E-state index contributed by atoms with van der Waals surface area (Å²) in [6, 6.07) is 3.39. The summed E-state index contributed by atoms with van der Waals surface area (Å²) in [5.74, 6) is 0.274. The van der Waals surface area contributed by atoms with E-state index in [1.165, 1.54) is 14.0 Å². The van der Waals surface area contributed by atoms with Crippen LogP contribution in [-0.4, -0.2) is 18.8 Å². The first-order chi connectivity index (χ1) is 8.43. The Hall–Kier alpha value is -1.55. The largest absolute Gasteiger partial charge is 0.495 e. The van der Waals surface area contributed by atoms with Gasteiger partial charge in [-0.3, -0.25) is 4.79 Å². The molecule has 5 heteroatoms. The van der Waals surface area contributed by atoms with Gasteiger partial charge in [-0.25, -0.2) is 0 Å². The lowest BCUT2D eigenvalue weighted by atomic mass is 10.2. The lowest BCUT2D eigenvalue weighted by Gasteiger charge is -2.12. The van der Waals surface area contributed by atoms with Gasteiger partial charge in [0.15, 0.2) is 0 Å². The van der Waals surface area contributed by atoms with Crippen molar-refractivity contribution in [3.05, 3.63) is 22.7 Å². The van der Waals surface area contributed by atoms with Crippen molar-refractivity contribution >= 4 is 29.0 Å². The third-order valence-electron chi connectivity index (χ3n) is 2.46. The van der Waals surface area contributed by atoms with Crippen LogP contribution in [0.25, 0.3) is 0 Å². The lowest BCUT2D eigenvalue weighted by molar-refractivity contribution is -0.121. The first-order valence-electron chi connectivity index (χ1n) is 5.57. The molecule has 0 aliphatic rings. The number of ether oxygens (including phenoxy) is 1. The summed E-state index contributed by atoms with van der Waals surface area (Å²) in [5, 5.41) is 3.29. The molecule has 0 heterocycles. The number of halogens is 1. The van der Waals surface area contributed by atoms with Crippen molar-refractivity contribution < 1.29 is 14.3 Å². The third-order valence-corrected chi connectivity index (χ3v) is 2.87. The fourth-order valence-electron chi connectivity index (χ4n) is 1.43. The van der Waals surface area contributed by atoms with Gasteiger partial charge in [0.05, 0.1) is 12.8 Å². The molecule has 0 atom stereocenters. The molecule has 1 aromatic rings. The maximum atomic E-state index is 11.6. The number of benzene rings is 1. The zero-order valence-electron chi connectivity index (χ0n) is 10.7. The van der Waals surface area contributed by atoms with E-state index in [-0.39, 0.29) is 24.5 Å². The van der Waals surface area contributed by atoms with Crippen LogP contribution in [0.4, 0.5) is 5.69 Å². The highest BCUT2D eigenvalue weighted by Gasteiger charge is 2.10. The van der Waals surface area contributed by atoms with E-state index in [9.17, 15) is 9.59 Å². The highest BCUT2D eigenvalue weighted by atomic mass is 35.5. The van der Waals surface area contributed by atoms with Crippen LogP contribution >= 0.6 is 11.6 Å². The SMILES string of the molecule is COc1cc(Cl)c(C)cc1NC(=O)CCC(C)=O. The van der Waals surface area contributed by atoms with Crippen LogP contribution in [0.2, 0.25) is 5.02 Å². The van der Waals surface area contributed by atoms with Crippen LogP contribution in [0.5, 0.6) is 5.75 Å². The van der Waals surface area contributed by atoms with Crippen LogP contribution in [0, 0.1) is 6.92 Å². The summed E-state index contributed by atoms with van der Waals surface area (Å²) in [4.78, 5) is 22.4. The number of anilines is 1. The molecule has 0 aromatic heterocycles. The maximum absolute atomic E-state index is 11.6. The number of ketones is 1. The molecule has 0 fully saturated rings. The van der Waals surface area contributed by atoms with Gasteiger partial charge in [-0.2, -0.15) is 0 Å². The number of nitrogens with one attached hydrogen (secondary N) is 1. The quantitative estimate of drug-likeness (QED) is 0.894. The Morgan fingerprint density at radius 3 is 2.56 bits per heavy atom. The van der Waals surface area contributed by atoms with E-state index >= 15 is 0 Å². The molecule has 0 spiro atoms. The van der Waals surface area contributed by atoms with Crippen molar-refractivity contribution in [3.63, 3.8) is 0 Å². The number of methoxy groups -OCH3 is 1. The molecule has 0 radical (unpaired) electrons. The van der Waals surface area contributed by atoms with Gasteiger partial charge >= 0.3 is 0 Å². The number of rotatable bonds is 5. The van der Waals surface area contributed by atoms with Gasteiger partial charge in [0.1, 0.15) is 11.5 Å². The third kappa shape index (κ3) is 4.04. The van der Waals surface area contributed by atoms with Crippen LogP contribution in [0.3, 0.4) is 0 Å². The summed E-state index contributed by atoms with van der Waals surface area (Å²) < 4.78 is 5.14. The minimum atomic E-state index is -0.217. The van der Waals surface area contributed by atoms with Crippen molar-refractivity contribution in [2.75, 3.05) is 12.4 Å². The molecule has 1 rings (SSSR count). The Balaban J connectivity index is 2.80. The van der Waals surface area contributed by atoms with Gasteiger partial charge in [-0.15, -0.1) is 0 Å². The average molecular weight is 270 g/mol. The molecule has 98 valence electrons. The minimum absolute atomic E-state index is 0.00981. The molecule has 0 saturated carbocycles. The molecule has 0 unspecified atom stereocenters. The Morgan fingerprint density at radius 1 is 1.33 bits per heavy atom. The standard InChI is InChI=1S/C13H16ClNO3/c1-8-6-11(12(18-3)7-10(8)14)15-13(17)5-4-9(2)16/h6-7H,4-5H2,1-3H3,(H,15,17). The van der Waals surface area contributed by atoms with E-state index in [1.807, 2.05) is 6.92 Å². The monoisotopic (exact) mass is 269 g/mol. The molecule has 0 aliphatic heterocycles. The topological polar surface area (TPSA) is 55.4 Å². The zero-order valence-corrected chi connectivity index (χ0v) is 11.4. The number of Topliss-reactive ketones (excluding diaryl/α,β-unsaturated/α-hetero) is 1. The van der Waals surface area contributed by atoms with Crippen molar-refractivity contribution in [2.45, 2.75) is 26.7 Å². The number of carbonyl (C=O) groups is 2. The summed E-state index contributed by atoms with van der Waals surface area (Å²) in [5.41, 5.74) is 1.41. The molecule has 1 N–H and O–H groups in total. The van der Waals surface area contributed by atoms with Crippen molar-refractivity contribution in [1.29, 1.82) is 0 Å². The first-order valence-corrected chi connectivity index (χ1v) is 5.95. The van der Waals surface area contributed by atoms with E-state index in [4.69, 9.17) is 16.3 Å². The highest BCUT2D eigenvalue weighted by molar-refractivity contribution is 6.31. The van der Waals surface area contributed by atoms with Crippen LogP contribution in [0.15, 0.2) is 12.1 Å². The number of carbonyl (C=O) groups excluding carboxylic acids is 2. The Morgan fingerprint density at radius 2 is 2.00 bits per heavy atom. The number of hydrogen-bond acceptors (Lipinski definition) is 3. The summed E-state index contributed by atoms with van der Waals surface area (Å²) in [7, 11) is 1.51. The smallest absolute Gasteiger partial charge is 0.224 e. The molecule has 0 saturated heterocycles. The second-order valence-corrected chi connectivity index (χ2v) is 4.46. The Labute approximate surface area is 111 Å². The fraction of sp³-hybridized carbons (Fsp3) is 0.385. The predicted molar refractivity (Wildman–Crippen MR) is 71.3 cm³/mol. The van der Waals surface area contributed by atoms with Gasteiger partial charge in [0.2, 0.25) is 5.91 Å². The number of aryl methyl sites for hydroxylation is 1. The molecule has 1 amide bonds. The van der Waals surface area contributed by atoms with E-state index in [0.717, 1.165) is 5.56 Å². The van der Waals surface area contributed by atoms with Gasteiger partial charge < -0.3 is 14.8 Å². The normalized spacial score (nSPS) is 10.0. The first kappa shape index (κ1) is 14.5. The lowest BCUT2D eigenvalue weighted by Crippen LogP contribution is -2.13. The fourth-order valence-corrected chi connectivity index (χ4v) is 1.59. The molecule has 1 aromatic carbocycles. The molecule has 0 bridgehead atoms. The van der Waals surface area contributed by atoms with Gasteiger partial charge in [-0.1, -0.05) is 11.6 Å². The Bertz CT molecular complexity index is 472. The van der Waals surface area contributed by atoms with Gasteiger partial charge in [0.25, 0.3) is 0 Å². The predicted octanol–water partition coefficient (Wildman–Crippen LogP) is 2.96. The summed E-state index contributed by atoms with van der Waals surface area (Å²) in [6.45, 7) is 3.30. The average Bonchev–Trinajstić information content (AvgIpc) is 2.31. The zero-order chi connectivity index (χ0) is 13.7. The van der Waals surface area contributed by atoms with E-state index in [0.29, 0.717) is 16.5 Å². The molecular weight excluding hydrogens is 254 g/mol. The number of amides is 1. The van der Waals surface area contributed by atoms with E-state index in [1.54, 1.807) is 12.1 Å². The second-order valence-electron chi connectivity index (χ2n) is 4.05. The molecular formula is C13H16ClNO3. The molecule has 0 aliphatic carbocycles. The second kappa shape index (κ2) is 6.40. The minimum Gasteiger partial charge on any atom is -0.495 e. The van der Waals surface area contributed by atoms with Crippen molar-refractivity contribution in [3.8, 4) is 5.75 Å². The molecule has 4 nitrogen and oxygen atoms in total. The van der Waals surface area contributed by atoms with Gasteiger partial charge in [0, 0.05) is 23.9 Å². The maximum Gasteiger partial charge on any atom is 0.224 e. The van der Waals surface area contributed by atoms with Crippen LogP contribution in [-0.2, 0) is 9.59 Å². The van der Waals surface area contributed by atoms with Crippen molar-refractivity contribution in [1.82, 2.24) is 0 Å². The van der Waals surface area contributed by atoms with Crippen molar-refractivity contribution in [2.24, 2.45) is 0 Å². The van der Waals surface area contributed by atoms with E-state index < -0.39 is 0 Å². The van der Waals surface area contributed by atoms with Crippen LogP contribution < -0.4 is 10.1 Å². The molecule has 18 heavy (non-hydrogen) atoms. The van der Waals surface area contributed by atoms with Gasteiger partial charge in [-0.05, 0) is 25.5 Å². The summed E-state index contributed by atoms with van der Waals surface area (Å²) >= 11 is 5.97. The van der Waals surface area contributed by atoms with Crippen LogP contribution in [0.1, 0.15) is 25.3 Å². The Kier molecular flexibility index (Phi) is 5.16. The number of hydrogen-bond donors (Lipinski definition) is 1. The highest BCUT2D eigenvalue weighted by Crippen LogP contribution is 2.30. The summed E-state index contributed by atoms with van der Waals surface area (Å²) in [6.07, 6.45) is 0.404. The van der Waals surface area contributed by atoms with E-state index in [2.05, 4.69) is 5.32 Å².